The maximum absolute atomic E-state index is 13.5. The van der Waals surface area contributed by atoms with Crippen LogP contribution in [0.3, 0.4) is 0 Å². The number of hydrogen-bond donors (Lipinski definition) is 1. The van der Waals surface area contributed by atoms with Crippen molar-refractivity contribution in [1.82, 2.24) is 4.57 Å². The Morgan fingerprint density at radius 1 is 0.920 bits per heavy atom. The zero-order valence-corrected chi connectivity index (χ0v) is 13.1. The number of alkyl halides is 5. The van der Waals surface area contributed by atoms with E-state index in [0.717, 1.165) is 0 Å². The number of halogens is 5. The fourth-order valence-electron chi connectivity index (χ4n) is 3.09. The molecule has 0 saturated carbocycles. The zero-order valence-electron chi connectivity index (χ0n) is 13.1. The summed E-state index contributed by atoms with van der Waals surface area (Å²) in [6.45, 7) is 0. The van der Waals surface area contributed by atoms with Gasteiger partial charge in [0, 0.05) is 23.5 Å². The fraction of sp³-hybridized carbons (Fsp3) is 0.222. The van der Waals surface area contributed by atoms with Gasteiger partial charge in [-0.2, -0.15) is 13.2 Å². The molecule has 0 aliphatic carbocycles. The van der Waals surface area contributed by atoms with Crippen LogP contribution in [0.15, 0.2) is 54.6 Å². The molecule has 2 aromatic carbocycles. The molecule has 3 rings (SSSR count). The lowest BCUT2D eigenvalue weighted by atomic mass is 9.88. The molecular weight excluding hydrogens is 341 g/mol. The number of rotatable bonds is 3. The van der Waals surface area contributed by atoms with Crippen LogP contribution < -0.4 is 0 Å². The van der Waals surface area contributed by atoms with Crippen LogP contribution in [0.5, 0.6) is 0 Å². The van der Waals surface area contributed by atoms with Crippen molar-refractivity contribution in [1.29, 1.82) is 0 Å². The molecule has 1 unspecified atom stereocenters. The van der Waals surface area contributed by atoms with Crippen LogP contribution in [-0.2, 0) is 12.6 Å². The molecule has 0 saturated heterocycles. The third-order valence-corrected chi connectivity index (χ3v) is 4.28. The highest BCUT2D eigenvalue weighted by Gasteiger charge is 2.63. The Kier molecular flexibility index (Phi) is 4.07. The van der Waals surface area contributed by atoms with Gasteiger partial charge in [0.15, 0.2) is 0 Å². The van der Waals surface area contributed by atoms with E-state index in [2.05, 4.69) is 0 Å². The third-order valence-electron chi connectivity index (χ3n) is 4.28. The lowest BCUT2D eigenvalue weighted by Crippen LogP contribution is -2.48. The van der Waals surface area contributed by atoms with Gasteiger partial charge in [-0.3, -0.25) is 0 Å². The van der Waals surface area contributed by atoms with Gasteiger partial charge in [-0.25, -0.2) is 8.78 Å². The van der Waals surface area contributed by atoms with Crippen molar-refractivity contribution < 1.29 is 27.1 Å². The average molecular weight is 355 g/mol. The van der Waals surface area contributed by atoms with E-state index in [-0.39, 0.29) is 11.1 Å². The zero-order chi connectivity index (χ0) is 18.4. The number of para-hydroxylation sites is 1. The van der Waals surface area contributed by atoms with Crippen LogP contribution in [0.4, 0.5) is 22.0 Å². The molecule has 0 bridgehead atoms. The van der Waals surface area contributed by atoms with Crippen molar-refractivity contribution >= 4 is 10.9 Å². The van der Waals surface area contributed by atoms with E-state index in [9.17, 15) is 27.1 Å². The standard InChI is InChI=1S/C18H14F5NO/c1-24-13-10-6-5-9-12(13)14(15(24)11-7-3-2-4-8-11)17(25,16(19)20)18(21,22)23/h2-10,16,25H,1H3. The predicted molar refractivity (Wildman–Crippen MR) is 84.3 cm³/mol. The Morgan fingerprint density at radius 2 is 1.48 bits per heavy atom. The minimum Gasteiger partial charge on any atom is -0.372 e. The summed E-state index contributed by atoms with van der Waals surface area (Å²) >= 11 is 0. The van der Waals surface area contributed by atoms with Gasteiger partial charge in [0.1, 0.15) is 0 Å². The maximum Gasteiger partial charge on any atom is 0.427 e. The normalized spacial score (nSPS) is 14.9. The Hall–Kier alpha value is -2.41. The lowest BCUT2D eigenvalue weighted by molar-refractivity contribution is -0.304. The van der Waals surface area contributed by atoms with E-state index in [4.69, 9.17) is 0 Å². The Morgan fingerprint density at radius 3 is 2.04 bits per heavy atom. The van der Waals surface area contributed by atoms with Crippen LogP contribution in [0.2, 0.25) is 0 Å². The predicted octanol–water partition coefficient (Wildman–Crippen LogP) is 4.86. The Balaban J connectivity index is 2.49. The highest BCUT2D eigenvalue weighted by Crippen LogP contribution is 2.50. The minimum atomic E-state index is -5.55. The maximum atomic E-state index is 13.5. The van der Waals surface area contributed by atoms with E-state index < -0.39 is 23.8 Å². The molecule has 1 heterocycles. The number of aliphatic hydroxyl groups is 1. The van der Waals surface area contributed by atoms with Gasteiger partial charge < -0.3 is 9.67 Å². The molecule has 0 aliphatic heterocycles. The van der Waals surface area contributed by atoms with Crippen molar-refractivity contribution in [3.8, 4) is 11.3 Å². The molecule has 1 atom stereocenters. The third kappa shape index (κ3) is 2.50. The summed E-state index contributed by atoms with van der Waals surface area (Å²) in [5.41, 5.74) is -4.58. The van der Waals surface area contributed by atoms with Crippen molar-refractivity contribution in [2.24, 2.45) is 7.05 Å². The first-order chi connectivity index (χ1) is 11.7. The van der Waals surface area contributed by atoms with Crippen LogP contribution >= 0.6 is 0 Å². The first-order valence-electron chi connectivity index (χ1n) is 7.40. The number of aryl methyl sites for hydroxylation is 1. The first kappa shape index (κ1) is 17.4. The van der Waals surface area contributed by atoms with Gasteiger partial charge in [0.25, 0.3) is 6.43 Å². The molecule has 0 aliphatic rings. The van der Waals surface area contributed by atoms with Crippen LogP contribution in [0.25, 0.3) is 22.2 Å². The molecule has 1 aromatic heterocycles. The van der Waals surface area contributed by atoms with Gasteiger partial charge in [0.05, 0.1) is 5.69 Å². The molecule has 25 heavy (non-hydrogen) atoms. The second-order valence-corrected chi connectivity index (χ2v) is 5.73. The van der Waals surface area contributed by atoms with Crippen molar-refractivity contribution in [2.75, 3.05) is 0 Å². The Bertz CT molecular complexity index is 901. The number of hydrogen-bond acceptors (Lipinski definition) is 1. The van der Waals surface area contributed by atoms with Gasteiger partial charge in [-0.1, -0.05) is 48.5 Å². The molecule has 1 N–H and O–H groups in total. The van der Waals surface area contributed by atoms with Gasteiger partial charge in [0.2, 0.25) is 5.60 Å². The van der Waals surface area contributed by atoms with E-state index in [1.165, 1.54) is 41.9 Å². The molecule has 132 valence electrons. The van der Waals surface area contributed by atoms with Gasteiger partial charge >= 0.3 is 6.18 Å². The van der Waals surface area contributed by atoms with Crippen molar-refractivity contribution in [2.45, 2.75) is 18.2 Å². The molecule has 0 amide bonds. The highest BCUT2D eigenvalue weighted by atomic mass is 19.4. The monoisotopic (exact) mass is 355 g/mol. The summed E-state index contributed by atoms with van der Waals surface area (Å²) in [6, 6.07) is 13.7. The largest absolute Gasteiger partial charge is 0.427 e. The molecule has 2 nitrogen and oxygen atoms in total. The average Bonchev–Trinajstić information content (AvgIpc) is 2.87. The summed E-state index contributed by atoms with van der Waals surface area (Å²) in [4.78, 5) is 0. The molecule has 0 fully saturated rings. The first-order valence-corrected chi connectivity index (χ1v) is 7.40. The van der Waals surface area contributed by atoms with Crippen molar-refractivity contribution in [3.05, 3.63) is 60.2 Å². The quantitative estimate of drug-likeness (QED) is 0.667. The minimum absolute atomic E-state index is 0.0658. The van der Waals surface area contributed by atoms with E-state index >= 15 is 0 Å². The second-order valence-electron chi connectivity index (χ2n) is 5.73. The van der Waals surface area contributed by atoms with Crippen LogP contribution in [0.1, 0.15) is 5.56 Å². The van der Waals surface area contributed by atoms with Crippen LogP contribution in [0, 0.1) is 0 Å². The highest BCUT2D eigenvalue weighted by molar-refractivity contribution is 5.93. The molecule has 0 spiro atoms. The summed E-state index contributed by atoms with van der Waals surface area (Å²) in [7, 11) is 1.48. The second kappa shape index (κ2) is 5.84. The topological polar surface area (TPSA) is 25.2 Å². The summed E-state index contributed by atoms with van der Waals surface area (Å²) in [5, 5.41) is 10.1. The number of fused-ring (bicyclic) bond motifs is 1. The van der Waals surface area contributed by atoms with Crippen molar-refractivity contribution in [3.63, 3.8) is 0 Å². The summed E-state index contributed by atoms with van der Waals surface area (Å²) in [5.74, 6) is 0. The lowest BCUT2D eigenvalue weighted by Gasteiger charge is -2.31. The number of aromatic nitrogens is 1. The van der Waals surface area contributed by atoms with E-state index in [1.807, 2.05) is 0 Å². The SMILES string of the molecule is Cn1c(-c2ccccc2)c(C(O)(C(F)F)C(F)(F)F)c2ccccc21. The van der Waals surface area contributed by atoms with E-state index in [1.54, 1.807) is 24.3 Å². The fourth-order valence-corrected chi connectivity index (χ4v) is 3.09. The number of nitrogens with zero attached hydrogens (tertiary/aromatic N) is 1. The molecule has 0 radical (unpaired) electrons. The smallest absolute Gasteiger partial charge is 0.372 e. The summed E-state index contributed by atoms with van der Waals surface area (Å²) < 4.78 is 69.0. The van der Waals surface area contributed by atoms with Gasteiger partial charge in [-0.15, -0.1) is 0 Å². The Labute approximate surface area is 140 Å². The van der Waals surface area contributed by atoms with Gasteiger partial charge in [-0.05, 0) is 11.6 Å². The number of benzene rings is 2. The van der Waals surface area contributed by atoms with Crippen LogP contribution in [-0.4, -0.2) is 22.3 Å². The molecular formula is C18H14F5NO. The summed E-state index contributed by atoms with van der Waals surface area (Å²) in [6.07, 6.45) is -9.59. The molecule has 7 heteroatoms. The van der Waals surface area contributed by atoms with E-state index in [0.29, 0.717) is 11.1 Å². The molecule has 3 aromatic rings.